The number of nitrogens with two attached hydrogens (primary N) is 1. The summed E-state index contributed by atoms with van der Waals surface area (Å²) in [6, 6.07) is 9.87. The summed E-state index contributed by atoms with van der Waals surface area (Å²) in [7, 11) is 1.62. The van der Waals surface area contributed by atoms with Crippen LogP contribution in [0.1, 0.15) is 5.56 Å². The van der Waals surface area contributed by atoms with Crippen LogP contribution in [0.15, 0.2) is 36.4 Å². The van der Waals surface area contributed by atoms with Crippen LogP contribution in [0, 0.1) is 12.7 Å². The molecular weight excluding hydrogens is 231 g/mol. The van der Waals surface area contributed by atoms with E-state index in [0.29, 0.717) is 11.4 Å². The zero-order chi connectivity index (χ0) is 13.1. The number of nitrogen functional groups attached to an aromatic ring is 1. The zero-order valence-corrected chi connectivity index (χ0v) is 10.3. The maximum Gasteiger partial charge on any atom is 0.125 e. The lowest BCUT2D eigenvalue weighted by Crippen LogP contribution is -1.97. The van der Waals surface area contributed by atoms with Crippen molar-refractivity contribution in [2.75, 3.05) is 18.2 Å². The molecule has 4 heteroatoms. The monoisotopic (exact) mass is 246 g/mol. The predicted octanol–water partition coefficient (Wildman–Crippen LogP) is 3.47. The molecule has 2 aromatic rings. The Labute approximate surface area is 105 Å². The number of benzene rings is 2. The van der Waals surface area contributed by atoms with Crippen molar-refractivity contribution in [2.24, 2.45) is 0 Å². The molecule has 2 aromatic carbocycles. The molecule has 94 valence electrons. The van der Waals surface area contributed by atoms with Crippen LogP contribution in [0.4, 0.5) is 21.5 Å². The number of methoxy groups -OCH3 is 1. The van der Waals surface area contributed by atoms with Crippen molar-refractivity contribution in [3.8, 4) is 5.75 Å². The van der Waals surface area contributed by atoms with Gasteiger partial charge in [-0.05, 0) is 48.9 Å². The summed E-state index contributed by atoms with van der Waals surface area (Å²) in [4.78, 5) is 0. The first-order valence-corrected chi connectivity index (χ1v) is 5.57. The summed E-state index contributed by atoms with van der Waals surface area (Å²) < 4.78 is 18.3. The second kappa shape index (κ2) is 4.96. The van der Waals surface area contributed by atoms with Gasteiger partial charge in [0.15, 0.2) is 0 Å². The van der Waals surface area contributed by atoms with Gasteiger partial charge >= 0.3 is 0 Å². The highest BCUT2D eigenvalue weighted by Crippen LogP contribution is 2.27. The summed E-state index contributed by atoms with van der Waals surface area (Å²) in [6.45, 7) is 1.94. The van der Waals surface area contributed by atoms with E-state index < -0.39 is 0 Å². The SMILES string of the molecule is COc1ccc(Nc2cc(F)ccc2N)cc1C. The second-order valence-corrected chi connectivity index (χ2v) is 4.04. The molecule has 0 unspecified atom stereocenters. The van der Waals surface area contributed by atoms with Crippen LogP contribution >= 0.6 is 0 Å². The minimum atomic E-state index is -0.322. The second-order valence-electron chi connectivity index (χ2n) is 4.04. The first-order chi connectivity index (χ1) is 8.60. The van der Waals surface area contributed by atoms with Crippen molar-refractivity contribution in [1.82, 2.24) is 0 Å². The third-order valence-corrected chi connectivity index (χ3v) is 2.69. The van der Waals surface area contributed by atoms with Gasteiger partial charge in [0.2, 0.25) is 0 Å². The standard InChI is InChI=1S/C14H15FN2O/c1-9-7-11(4-6-14(9)18-2)17-13-8-10(15)3-5-12(13)16/h3-8,17H,16H2,1-2H3. The molecule has 0 amide bonds. The summed E-state index contributed by atoms with van der Waals surface area (Å²) in [5, 5.41) is 3.08. The van der Waals surface area contributed by atoms with Crippen LogP contribution in [-0.4, -0.2) is 7.11 Å². The van der Waals surface area contributed by atoms with E-state index in [1.807, 2.05) is 25.1 Å². The Morgan fingerprint density at radius 2 is 1.94 bits per heavy atom. The first-order valence-electron chi connectivity index (χ1n) is 5.57. The number of rotatable bonds is 3. The third kappa shape index (κ3) is 2.53. The van der Waals surface area contributed by atoms with Crippen molar-refractivity contribution in [3.63, 3.8) is 0 Å². The van der Waals surface area contributed by atoms with Gasteiger partial charge in [-0.3, -0.25) is 0 Å². The molecule has 3 nitrogen and oxygen atoms in total. The lowest BCUT2D eigenvalue weighted by atomic mass is 10.2. The Bertz CT molecular complexity index is 570. The van der Waals surface area contributed by atoms with Crippen molar-refractivity contribution in [2.45, 2.75) is 6.92 Å². The van der Waals surface area contributed by atoms with Gasteiger partial charge in [0, 0.05) is 5.69 Å². The van der Waals surface area contributed by atoms with E-state index in [1.54, 1.807) is 7.11 Å². The Morgan fingerprint density at radius 3 is 2.61 bits per heavy atom. The summed E-state index contributed by atoms with van der Waals surface area (Å²) >= 11 is 0. The quantitative estimate of drug-likeness (QED) is 0.815. The number of ether oxygens (including phenoxy) is 1. The Hall–Kier alpha value is -2.23. The fraction of sp³-hybridized carbons (Fsp3) is 0.143. The predicted molar refractivity (Wildman–Crippen MR) is 71.8 cm³/mol. The highest BCUT2D eigenvalue weighted by Gasteiger charge is 2.04. The van der Waals surface area contributed by atoms with Gasteiger partial charge in [-0.2, -0.15) is 0 Å². The molecule has 0 aliphatic carbocycles. The normalized spacial score (nSPS) is 10.2. The molecule has 0 aromatic heterocycles. The third-order valence-electron chi connectivity index (χ3n) is 2.69. The molecule has 0 bridgehead atoms. The largest absolute Gasteiger partial charge is 0.496 e. The molecule has 0 atom stereocenters. The number of nitrogens with one attached hydrogen (secondary N) is 1. The average Bonchev–Trinajstić information content (AvgIpc) is 2.34. The Balaban J connectivity index is 2.28. The lowest BCUT2D eigenvalue weighted by Gasteiger charge is -2.11. The van der Waals surface area contributed by atoms with Crippen molar-refractivity contribution < 1.29 is 9.13 Å². The van der Waals surface area contributed by atoms with E-state index in [4.69, 9.17) is 10.5 Å². The van der Waals surface area contributed by atoms with E-state index in [-0.39, 0.29) is 5.82 Å². The number of hydrogen-bond acceptors (Lipinski definition) is 3. The van der Waals surface area contributed by atoms with Crippen LogP contribution in [0.5, 0.6) is 5.75 Å². The molecule has 0 heterocycles. The number of aryl methyl sites for hydroxylation is 1. The van der Waals surface area contributed by atoms with Crippen molar-refractivity contribution in [1.29, 1.82) is 0 Å². The Kier molecular flexibility index (Phi) is 3.37. The summed E-state index contributed by atoms with van der Waals surface area (Å²) in [5.74, 6) is 0.490. The van der Waals surface area contributed by atoms with E-state index >= 15 is 0 Å². The first kappa shape index (κ1) is 12.2. The van der Waals surface area contributed by atoms with Crippen LogP contribution in [0.25, 0.3) is 0 Å². The minimum absolute atomic E-state index is 0.322. The molecule has 0 fully saturated rings. The number of anilines is 3. The lowest BCUT2D eigenvalue weighted by molar-refractivity contribution is 0.412. The molecule has 0 saturated heterocycles. The average molecular weight is 246 g/mol. The van der Waals surface area contributed by atoms with Crippen LogP contribution in [-0.2, 0) is 0 Å². The zero-order valence-electron chi connectivity index (χ0n) is 10.3. The highest BCUT2D eigenvalue weighted by molar-refractivity contribution is 5.73. The number of hydrogen-bond donors (Lipinski definition) is 2. The van der Waals surface area contributed by atoms with Crippen LogP contribution in [0.3, 0.4) is 0 Å². The van der Waals surface area contributed by atoms with Crippen molar-refractivity contribution in [3.05, 3.63) is 47.8 Å². The molecule has 3 N–H and O–H groups in total. The molecule has 2 rings (SSSR count). The van der Waals surface area contributed by atoms with E-state index in [0.717, 1.165) is 17.0 Å². The van der Waals surface area contributed by atoms with Gasteiger partial charge in [0.25, 0.3) is 0 Å². The number of halogens is 1. The molecule has 0 spiro atoms. The van der Waals surface area contributed by atoms with Gasteiger partial charge in [0.05, 0.1) is 18.5 Å². The maximum absolute atomic E-state index is 13.1. The van der Waals surface area contributed by atoms with Crippen molar-refractivity contribution >= 4 is 17.1 Å². The molecule has 18 heavy (non-hydrogen) atoms. The van der Waals surface area contributed by atoms with Crippen LogP contribution < -0.4 is 15.8 Å². The summed E-state index contributed by atoms with van der Waals surface area (Å²) in [6.07, 6.45) is 0. The van der Waals surface area contributed by atoms with Crippen LogP contribution in [0.2, 0.25) is 0 Å². The van der Waals surface area contributed by atoms with E-state index in [2.05, 4.69) is 5.32 Å². The van der Waals surface area contributed by atoms with Gasteiger partial charge in [0.1, 0.15) is 11.6 Å². The molecule has 0 aliphatic rings. The fourth-order valence-electron chi connectivity index (χ4n) is 1.75. The van der Waals surface area contributed by atoms with Gasteiger partial charge < -0.3 is 15.8 Å². The molecule has 0 aliphatic heterocycles. The smallest absolute Gasteiger partial charge is 0.125 e. The fourth-order valence-corrected chi connectivity index (χ4v) is 1.75. The minimum Gasteiger partial charge on any atom is -0.496 e. The van der Waals surface area contributed by atoms with Gasteiger partial charge in [-0.25, -0.2) is 4.39 Å². The molecule has 0 saturated carbocycles. The van der Waals surface area contributed by atoms with Gasteiger partial charge in [-0.15, -0.1) is 0 Å². The van der Waals surface area contributed by atoms with E-state index in [9.17, 15) is 4.39 Å². The molecular formula is C14H15FN2O. The highest BCUT2D eigenvalue weighted by atomic mass is 19.1. The maximum atomic E-state index is 13.1. The topological polar surface area (TPSA) is 47.3 Å². The summed E-state index contributed by atoms with van der Waals surface area (Å²) in [5.41, 5.74) is 8.67. The Morgan fingerprint density at radius 1 is 1.17 bits per heavy atom. The molecule has 0 radical (unpaired) electrons. The van der Waals surface area contributed by atoms with E-state index in [1.165, 1.54) is 18.2 Å². The van der Waals surface area contributed by atoms with Gasteiger partial charge in [-0.1, -0.05) is 0 Å².